The number of carbonyl (C=O) groups excluding carboxylic acids is 1. The van der Waals surface area contributed by atoms with Crippen LogP contribution in [0.3, 0.4) is 0 Å². The molecule has 148 valence electrons. The van der Waals surface area contributed by atoms with E-state index in [0.29, 0.717) is 30.6 Å². The van der Waals surface area contributed by atoms with Crippen LogP contribution in [0.15, 0.2) is 23.2 Å². The minimum atomic E-state index is -0.521. The summed E-state index contributed by atoms with van der Waals surface area (Å²) in [5.74, 6) is 1.41. The first kappa shape index (κ1) is 24.8. The summed E-state index contributed by atoms with van der Waals surface area (Å²) in [6, 6.07) is 5.65. The van der Waals surface area contributed by atoms with Gasteiger partial charge in [-0.1, -0.05) is 17.7 Å². The lowest BCUT2D eigenvalue weighted by Crippen LogP contribution is -2.48. The molecule has 1 rings (SSSR count). The summed E-state index contributed by atoms with van der Waals surface area (Å²) in [5.41, 5.74) is 0.514. The second kappa shape index (κ2) is 12.2. The largest absolute Gasteiger partial charge is 0.497 e. The van der Waals surface area contributed by atoms with Crippen LogP contribution in [-0.2, 0) is 11.2 Å². The fourth-order valence-corrected chi connectivity index (χ4v) is 2.44. The predicted octanol–water partition coefficient (Wildman–Crippen LogP) is 2.84. The van der Waals surface area contributed by atoms with E-state index in [0.717, 1.165) is 17.7 Å². The maximum Gasteiger partial charge on any atom is 0.227 e. The number of hydrogen-bond acceptors (Lipinski definition) is 3. The van der Waals surface area contributed by atoms with E-state index in [9.17, 15) is 4.79 Å². The number of methoxy groups -OCH3 is 1. The molecule has 0 aliphatic carbocycles. The normalized spacial score (nSPS) is 11.4. The Labute approximate surface area is 178 Å². The number of amides is 1. The molecule has 3 N–H and O–H groups in total. The van der Waals surface area contributed by atoms with Crippen LogP contribution in [0.2, 0.25) is 5.02 Å². The predicted molar refractivity (Wildman–Crippen MR) is 119 cm³/mol. The van der Waals surface area contributed by atoms with E-state index in [-0.39, 0.29) is 29.9 Å². The molecule has 0 unspecified atom stereocenters. The first-order valence-electron chi connectivity index (χ1n) is 8.39. The zero-order valence-corrected chi connectivity index (χ0v) is 19.2. The van der Waals surface area contributed by atoms with E-state index in [1.165, 1.54) is 0 Å². The molecular weight excluding hydrogens is 467 g/mol. The van der Waals surface area contributed by atoms with Crippen molar-refractivity contribution in [2.75, 3.05) is 33.8 Å². The van der Waals surface area contributed by atoms with E-state index in [1.54, 1.807) is 20.2 Å². The molecule has 0 heterocycles. The summed E-state index contributed by atoms with van der Waals surface area (Å²) in [6.45, 7) is 7.49. The molecule has 0 saturated heterocycles. The van der Waals surface area contributed by atoms with Crippen LogP contribution in [0.1, 0.15) is 26.3 Å². The first-order valence-corrected chi connectivity index (χ1v) is 8.77. The zero-order chi connectivity index (χ0) is 18.9. The number of halogens is 2. The Morgan fingerprint density at radius 3 is 2.50 bits per heavy atom. The third kappa shape index (κ3) is 7.99. The van der Waals surface area contributed by atoms with Gasteiger partial charge in [0.05, 0.1) is 12.5 Å². The van der Waals surface area contributed by atoms with E-state index in [1.807, 2.05) is 32.9 Å². The molecule has 0 fully saturated rings. The highest BCUT2D eigenvalue weighted by Gasteiger charge is 2.27. The number of benzene rings is 1. The fourth-order valence-electron chi connectivity index (χ4n) is 2.18. The molecular formula is C18H30ClIN4O2. The van der Waals surface area contributed by atoms with Gasteiger partial charge in [-0.05, 0) is 44.9 Å². The average molecular weight is 497 g/mol. The number of ether oxygens (including phenoxy) is 1. The Kier molecular flexibility index (Phi) is 11.6. The molecule has 0 bridgehead atoms. The molecule has 6 nitrogen and oxygen atoms in total. The summed E-state index contributed by atoms with van der Waals surface area (Å²) in [6.07, 6.45) is 0.753. The Bertz CT molecular complexity index is 609. The van der Waals surface area contributed by atoms with Gasteiger partial charge in [0.25, 0.3) is 0 Å². The highest BCUT2D eigenvalue weighted by Crippen LogP contribution is 2.22. The molecule has 0 aromatic heterocycles. The van der Waals surface area contributed by atoms with Gasteiger partial charge in [0.15, 0.2) is 5.96 Å². The van der Waals surface area contributed by atoms with Crippen molar-refractivity contribution in [2.24, 2.45) is 10.4 Å². The third-order valence-corrected chi connectivity index (χ3v) is 4.17. The molecule has 1 aromatic carbocycles. The third-order valence-electron chi connectivity index (χ3n) is 3.82. The molecule has 8 heteroatoms. The highest BCUT2D eigenvalue weighted by molar-refractivity contribution is 14.0. The number of aliphatic imine (C=N–C) groups is 1. The fraction of sp³-hybridized carbons (Fsp3) is 0.556. The van der Waals surface area contributed by atoms with Gasteiger partial charge in [-0.3, -0.25) is 9.79 Å². The summed E-state index contributed by atoms with van der Waals surface area (Å²) < 4.78 is 5.15. The van der Waals surface area contributed by atoms with Gasteiger partial charge in [-0.25, -0.2) is 0 Å². The van der Waals surface area contributed by atoms with Crippen molar-refractivity contribution in [2.45, 2.75) is 27.2 Å². The average Bonchev–Trinajstić information content (AvgIpc) is 2.59. The lowest BCUT2D eigenvalue weighted by atomic mass is 9.92. The number of carbonyl (C=O) groups is 1. The molecule has 0 radical (unpaired) electrons. The van der Waals surface area contributed by atoms with Crippen molar-refractivity contribution in [3.8, 4) is 5.75 Å². The number of rotatable bonds is 8. The van der Waals surface area contributed by atoms with Gasteiger partial charge < -0.3 is 20.7 Å². The van der Waals surface area contributed by atoms with Crippen molar-refractivity contribution in [3.05, 3.63) is 28.8 Å². The minimum absolute atomic E-state index is 0. The Morgan fingerprint density at radius 1 is 1.27 bits per heavy atom. The monoisotopic (exact) mass is 496 g/mol. The lowest BCUT2D eigenvalue weighted by molar-refractivity contribution is -0.128. The van der Waals surface area contributed by atoms with Crippen LogP contribution < -0.4 is 20.7 Å². The Balaban J connectivity index is 0.00000625. The zero-order valence-electron chi connectivity index (χ0n) is 16.1. The quantitative estimate of drug-likeness (QED) is 0.294. The smallest absolute Gasteiger partial charge is 0.227 e. The molecule has 0 saturated carbocycles. The van der Waals surface area contributed by atoms with Crippen molar-refractivity contribution in [1.29, 1.82) is 0 Å². The van der Waals surface area contributed by atoms with Crippen LogP contribution in [0, 0.1) is 5.41 Å². The van der Waals surface area contributed by atoms with Crippen LogP contribution >= 0.6 is 35.6 Å². The second-order valence-corrected chi connectivity index (χ2v) is 6.71. The number of hydrogen-bond donors (Lipinski definition) is 3. The summed E-state index contributed by atoms with van der Waals surface area (Å²) in [4.78, 5) is 16.2. The second-order valence-electron chi connectivity index (χ2n) is 6.30. The van der Waals surface area contributed by atoms with Crippen molar-refractivity contribution in [3.63, 3.8) is 0 Å². The number of guanidine groups is 1. The molecule has 0 aliphatic heterocycles. The molecule has 0 aliphatic rings. The van der Waals surface area contributed by atoms with Gasteiger partial charge in [-0.15, -0.1) is 24.0 Å². The van der Waals surface area contributed by atoms with Crippen LogP contribution in [0.25, 0.3) is 0 Å². The number of nitrogens with one attached hydrogen (secondary N) is 3. The topological polar surface area (TPSA) is 74.8 Å². The molecule has 0 atom stereocenters. The van der Waals surface area contributed by atoms with Crippen molar-refractivity contribution >= 4 is 47.4 Å². The Hall–Kier alpha value is -1.22. The number of nitrogens with zero attached hydrogens (tertiary/aromatic N) is 1. The SMILES string of the molecule is CCNC(=O)C(C)(C)CNC(=NC)NCCc1ccc(OC)cc1Cl.I. The summed E-state index contributed by atoms with van der Waals surface area (Å²) in [7, 11) is 3.32. The molecule has 26 heavy (non-hydrogen) atoms. The van der Waals surface area contributed by atoms with Crippen LogP contribution in [0.5, 0.6) is 5.75 Å². The highest BCUT2D eigenvalue weighted by atomic mass is 127. The maximum atomic E-state index is 12.0. The van der Waals surface area contributed by atoms with E-state index >= 15 is 0 Å². The van der Waals surface area contributed by atoms with E-state index in [2.05, 4.69) is 20.9 Å². The first-order chi connectivity index (χ1) is 11.8. The summed E-state index contributed by atoms with van der Waals surface area (Å²) in [5, 5.41) is 9.95. The standard InChI is InChI=1S/C18H29ClN4O2.HI/c1-6-21-16(24)18(2,3)12-23-17(20-4)22-10-9-13-7-8-14(25-5)11-15(13)19;/h7-8,11H,6,9-10,12H2,1-5H3,(H,21,24)(H2,20,22,23);1H. The van der Waals surface area contributed by atoms with Crippen molar-refractivity contribution < 1.29 is 9.53 Å². The van der Waals surface area contributed by atoms with Crippen LogP contribution in [-0.4, -0.2) is 45.7 Å². The Morgan fingerprint density at radius 2 is 1.96 bits per heavy atom. The van der Waals surface area contributed by atoms with Crippen molar-refractivity contribution in [1.82, 2.24) is 16.0 Å². The maximum absolute atomic E-state index is 12.0. The lowest BCUT2D eigenvalue weighted by Gasteiger charge is -2.24. The molecule has 1 amide bonds. The van der Waals surface area contributed by atoms with Crippen LogP contribution in [0.4, 0.5) is 0 Å². The summed E-state index contributed by atoms with van der Waals surface area (Å²) >= 11 is 6.24. The minimum Gasteiger partial charge on any atom is -0.497 e. The van der Waals surface area contributed by atoms with Gasteiger partial charge >= 0.3 is 0 Å². The molecule has 1 aromatic rings. The van der Waals surface area contributed by atoms with E-state index < -0.39 is 5.41 Å². The van der Waals surface area contributed by atoms with Gasteiger partial charge in [0, 0.05) is 31.7 Å². The van der Waals surface area contributed by atoms with Gasteiger partial charge in [-0.2, -0.15) is 0 Å². The van der Waals surface area contributed by atoms with Gasteiger partial charge in [0.1, 0.15) is 5.75 Å². The van der Waals surface area contributed by atoms with Gasteiger partial charge in [0.2, 0.25) is 5.91 Å². The van der Waals surface area contributed by atoms with E-state index in [4.69, 9.17) is 16.3 Å². The molecule has 0 spiro atoms.